The molecule has 0 aliphatic carbocycles. The summed E-state index contributed by atoms with van der Waals surface area (Å²) in [5.74, 6) is 0. The zero-order valence-electron chi connectivity index (χ0n) is 8.21. The summed E-state index contributed by atoms with van der Waals surface area (Å²) in [6.45, 7) is 2.01. The van der Waals surface area contributed by atoms with Gasteiger partial charge in [0.25, 0.3) is 0 Å². The Kier molecular flexibility index (Phi) is 1.82. The molecule has 3 nitrogen and oxygen atoms in total. The summed E-state index contributed by atoms with van der Waals surface area (Å²) >= 11 is 1.48. The summed E-state index contributed by atoms with van der Waals surface area (Å²) in [6, 6.07) is 10.1. The predicted molar refractivity (Wildman–Crippen MR) is 61.5 cm³/mol. The van der Waals surface area contributed by atoms with Crippen molar-refractivity contribution in [3.05, 3.63) is 42.2 Å². The van der Waals surface area contributed by atoms with Gasteiger partial charge in [0.05, 0.1) is 23.0 Å². The molecule has 0 aliphatic rings. The third-order valence-electron chi connectivity index (χ3n) is 2.38. The Bertz CT molecular complexity index is 595. The standard InChI is InChI=1S/C11H9N3S/c1-8-10-7-12-15-11(10)14(13-8)9-5-3-2-4-6-9/h2-7H,1H3. The second-order valence-electron chi connectivity index (χ2n) is 3.38. The van der Waals surface area contributed by atoms with Gasteiger partial charge < -0.3 is 0 Å². The molecule has 0 amide bonds. The molecule has 4 heteroatoms. The molecule has 0 fully saturated rings. The number of benzene rings is 1. The van der Waals surface area contributed by atoms with Crippen molar-refractivity contribution in [3.63, 3.8) is 0 Å². The van der Waals surface area contributed by atoms with Crippen LogP contribution in [0.1, 0.15) is 5.69 Å². The van der Waals surface area contributed by atoms with Crippen molar-refractivity contribution in [3.8, 4) is 5.69 Å². The Balaban J connectivity index is 2.32. The first-order chi connectivity index (χ1) is 7.36. The van der Waals surface area contributed by atoms with Gasteiger partial charge >= 0.3 is 0 Å². The third-order valence-corrected chi connectivity index (χ3v) is 3.16. The summed E-state index contributed by atoms with van der Waals surface area (Å²) in [7, 11) is 0. The third kappa shape index (κ3) is 1.26. The van der Waals surface area contributed by atoms with Gasteiger partial charge in [-0.05, 0) is 30.6 Å². The SMILES string of the molecule is Cc1nn(-c2ccccc2)c2sncc12. The maximum atomic E-state index is 4.51. The van der Waals surface area contributed by atoms with Crippen LogP contribution in [0.25, 0.3) is 15.9 Å². The van der Waals surface area contributed by atoms with E-state index in [-0.39, 0.29) is 0 Å². The molecule has 3 aromatic rings. The van der Waals surface area contributed by atoms with E-state index in [1.165, 1.54) is 11.5 Å². The van der Waals surface area contributed by atoms with E-state index in [1.807, 2.05) is 48.1 Å². The summed E-state index contributed by atoms with van der Waals surface area (Å²) in [5, 5.41) is 5.65. The fourth-order valence-electron chi connectivity index (χ4n) is 1.63. The van der Waals surface area contributed by atoms with Crippen molar-refractivity contribution >= 4 is 21.7 Å². The van der Waals surface area contributed by atoms with Gasteiger partial charge in [0.15, 0.2) is 0 Å². The van der Waals surface area contributed by atoms with Gasteiger partial charge in [0.2, 0.25) is 0 Å². The van der Waals surface area contributed by atoms with Gasteiger partial charge in [0.1, 0.15) is 4.83 Å². The second-order valence-corrected chi connectivity index (χ2v) is 4.16. The minimum absolute atomic E-state index is 1.03. The Morgan fingerprint density at radius 3 is 2.80 bits per heavy atom. The maximum Gasteiger partial charge on any atom is 0.147 e. The highest BCUT2D eigenvalue weighted by atomic mass is 32.1. The highest BCUT2D eigenvalue weighted by molar-refractivity contribution is 7.12. The maximum absolute atomic E-state index is 4.51. The van der Waals surface area contributed by atoms with E-state index in [1.54, 1.807) is 0 Å². The highest BCUT2D eigenvalue weighted by Crippen LogP contribution is 2.24. The Morgan fingerprint density at radius 2 is 2.00 bits per heavy atom. The zero-order chi connectivity index (χ0) is 10.3. The van der Waals surface area contributed by atoms with Crippen LogP contribution in [0.3, 0.4) is 0 Å². The van der Waals surface area contributed by atoms with Crippen molar-refractivity contribution in [2.75, 3.05) is 0 Å². The van der Waals surface area contributed by atoms with E-state index >= 15 is 0 Å². The van der Waals surface area contributed by atoms with Crippen LogP contribution in [-0.4, -0.2) is 14.2 Å². The first-order valence-electron chi connectivity index (χ1n) is 4.72. The van der Waals surface area contributed by atoms with Crippen LogP contribution in [0.4, 0.5) is 0 Å². The summed E-state index contributed by atoms with van der Waals surface area (Å²) in [4.78, 5) is 1.11. The lowest BCUT2D eigenvalue weighted by molar-refractivity contribution is 0.893. The average Bonchev–Trinajstić information content (AvgIpc) is 2.84. The number of rotatable bonds is 1. The lowest BCUT2D eigenvalue weighted by atomic mass is 10.3. The van der Waals surface area contributed by atoms with E-state index in [0.29, 0.717) is 0 Å². The molecule has 3 rings (SSSR count). The molecule has 0 atom stereocenters. The van der Waals surface area contributed by atoms with Crippen molar-refractivity contribution in [1.82, 2.24) is 14.2 Å². The molecule has 2 heterocycles. The van der Waals surface area contributed by atoms with Crippen LogP contribution >= 0.6 is 11.5 Å². The Hall–Kier alpha value is -1.68. The molecule has 15 heavy (non-hydrogen) atoms. The van der Waals surface area contributed by atoms with Gasteiger partial charge in [-0.25, -0.2) is 4.68 Å². The van der Waals surface area contributed by atoms with Crippen LogP contribution in [0.5, 0.6) is 0 Å². The minimum Gasteiger partial charge on any atom is -0.221 e. The predicted octanol–water partition coefficient (Wildman–Crippen LogP) is 2.79. The van der Waals surface area contributed by atoms with Gasteiger partial charge in [-0.3, -0.25) is 0 Å². The number of hydrogen-bond donors (Lipinski definition) is 0. The van der Waals surface area contributed by atoms with Gasteiger partial charge in [-0.15, -0.1) is 0 Å². The average molecular weight is 215 g/mol. The molecule has 0 saturated heterocycles. The van der Waals surface area contributed by atoms with E-state index in [4.69, 9.17) is 0 Å². The number of aryl methyl sites for hydroxylation is 1. The first-order valence-corrected chi connectivity index (χ1v) is 5.49. The number of hydrogen-bond acceptors (Lipinski definition) is 3. The molecule has 0 radical (unpaired) electrons. The van der Waals surface area contributed by atoms with E-state index < -0.39 is 0 Å². The lowest BCUT2D eigenvalue weighted by Crippen LogP contribution is -1.94. The van der Waals surface area contributed by atoms with Gasteiger partial charge in [-0.2, -0.15) is 9.47 Å². The monoisotopic (exact) mass is 215 g/mol. The number of fused-ring (bicyclic) bond motifs is 1. The molecular weight excluding hydrogens is 206 g/mol. The molecule has 0 N–H and O–H groups in total. The van der Waals surface area contributed by atoms with Crippen molar-refractivity contribution in [1.29, 1.82) is 0 Å². The summed E-state index contributed by atoms with van der Waals surface area (Å²) in [5.41, 5.74) is 2.11. The largest absolute Gasteiger partial charge is 0.221 e. The van der Waals surface area contributed by atoms with Crippen molar-refractivity contribution in [2.45, 2.75) is 6.92 Å². The van der Waals surface area contributed by atoms with Gasteiger partial charge in [0, 0.05) is 0 Å². The second kappa shape index (κ2) is 3.17. The van der Waals surface area contributed by atoms with E-state index in [0.717, 1.165) is 21.6 Å². The smallest absolute Gasteiger partial charge is 0.147 e. The van der Waals surface area contributed by atoms with Gasteiger partial charge in [-0.1, -0.05) is 18.2 Å². The zero-order valence-corrected chi connectivity index (χ0v) is 9.03. The molecule has 0 saturated carbocycles. The Morgan fingerprint density at radius 1 is 1.20 bits per heavy atom. The minimum atomic E-state index is 1.03. The molecule has 0 unspecified atom stereocenters. The number of aromatic nitrogens is 3. The van der Waals surface area contributed by atoms with E-state index in [9.17, 15) is 0 Å². The van der Waals surface area contributed by atoms with Crippen LogP contribution in [0.15, 0.2) is 36.5 Å². The lowest BCUT2D eigenvalue weighted by Gasteiger charge is -1.99. The van der Waals surface area contributed by atoms with Crippen molar-refractivity contribution in [2.24, 2.45) is 0 Å². The highest BCUT2D eigenvalue weighted by Gasteiger charge is 2.10. The van der Waals surface area contributed by atoms with Crippen LogP contribution in [-0.2, 0) is 0 Å². The fraction of sp³-hybridized carbons (Fsp3) is 0.0909. The fourth-order valence-corrected chi connectivity index (χ4v) is 2.41. The molecule has 2 aromatic heterocycles. The molecule has 74 valence electrons. The quantitative estimate of drug-likeness (QED) is 0.625. The topological polar surface area (TPSA) is 30.7 Å². The normalized spacial score (nSPS) is 11.0. The van der Waals surface area contributed by atoms with Crippen molar-refractivity contribution < 1.29 is 0 Å². The van der Waals surface area contributed by atoms with Crippen LogP contribution < -0.4 is 0 Å². The van der Waals surface area contributed by atoms with Crippen LogP contribution in [0.2, 0.25) is 0 Å². The summed E-state index contributed by atoms with van der Waals surface area (Å²) in [6.07, 6.45) is 1.88. The summed E-state index contributed by atoms with van der Waals surface area (Å²) < 4.78 is 6.14. The van der Waals surface area contributed by atoms with E-state index in [2.05, 4.69) is 9.47 Å². The number of para-hydroxylation sites is 1. The molecule has 1 aromatic carbocycles. The first kappa shape index (κ1) is 8.61. The molecule has 0 spiro atoms. The Labute approximate surface area is 91.1 Å². The molecule has 0 bridgehead atoms. The molecule has 0 aliphatic heterocycles. The molecular formula is C11H9N3S. The number of nitrogens with zero attached hydrogens (tertiary/aromatic N) is 3. The van der Waals surface area contributed by atoms with Crippen LogP contribution in [0, 0.1) is 6.92 Å².